The van der Waals surface area contributed by atoms with Crippen LogP contribution < -0.4 is 11.1 Å². The molecule has 1 rings (SSSR count). The molecule has 0 spiro atoms. The van der Waals surface area contributed by atoms with Gasteiger partial charge in [0.15, 0.2) is 0 Å². The second kappa shape index (κ2) is 7.93. The molecule has 1 aromatic rings. The zero-order valence-corrected chi connectivity index (χ0v) is 11.9. The Morgan fingerprint density at radius 3 is 2.95 bits per heavy atom. The van der Waals surface area contributed by atoms with E-state index < -0.39 is 0 Å². The molecule has 0 aromatic carbocycles. The number of rotatable bonds is 7. The number of pyridine rings is 1. The zero-order valence-electron chi connectivity index (χ0n) is 11.1. The molecule has 0 saturated heterocycles. The van der Waals surface area contributed by atoms with Crippen molar-refractivity contribution >= 4 is 23.3 Å². The Balaban J connectivity index is 2.41. The number of halogens is 1. The van der Waals surface area contributed by atoms with Crippen LogP contribution in [0.3, 0.4) is 0 Å². The van der Waals surface area contributed by atoms with Gasteiger partial charge in [-0.1, -0.05) is 11.6 Å². The number of nitrogen functional groups attached to an aromatic ring is 1. The molecule has 0 aliphatic heterocycles. The number of aromatic nitrogens is 1. The van der Waals surface area contributed by atoms with Crippen molar-refractivity contribution in [3.8, 4) is 0 Å². The molecule has 19 heavy (non-hydrogen) atoms. The van der Waals surface area contributed by atoms with Crippen LogP contribution in [0.5, 0.6) is 0 Å². The Kier molecular flexibility index (Phi) is 6.55. The third-order valence-corrected chi connectivity index (χ3v) is 2.84. The normalized spacial score (nSPS) is 10.7. The van der Waals surface area contributed by atoms with E-state index in [1.807, 2.05) is 7.05 Å². The Morgan fingerprint density at radius 1 is 1.53 bits per heavy atom. The minimum Gasteiger partial charge on any atom is -0.384 e. The molecule has 0 radical (unpaired) electrons. The van der Waals surface area contributed by atoms with Gasteiger partial charge in [-0.15, -0.1) is 0 Å². The summed E-state index contributed by atoms with van der Waals surface area (Å²) < 4.78 is 4.97. The Labute approximate surface area is 117 Å². The molecule has 7 heteroatoms. The number of nitrogens with zero attached hydrogens (tertiary/aromatic N) is 2. The molecule has 106 valence electrons. The number of likely N-dealkylation sites (N-methyl/N-ethyl adjacent to an activating group) is 1. The lowest BCUT2D eigenvalue weighted by molar-refractivity contribution is 0.0943. The summed E-state index contributed by atoms with van der Waals surface area (Å²) in [5, 5.41) is 3.04. The first-order valence-corrected chi connectivity index (χ1v) is 6.30. The van der Waals surface area contributed by atoms with E-state index in [4.69, 9.17) is 22.1 Å². The molecule has 0 bridgehead atoms. The fourth-order valence-electron chi connectivity index (χ4n) is 1.42. The highest BCUT2D eigenvalue weighted by Crippen LogP contribution is 2.14. The Bertz CT molecular complexity index is 428. The van der Waals surface area contributed by atoms with Crippen LogP contribution in [0.2, 0.25) is 5.02 Å². The van der Waals surface area contributed by atoms with E-state index in [-0.39, 0.29) is 17.4 Å². The van der Waals surface area contributed by atoms with Gasteiger partial charge in [0.05, 0.1) is 11.6 Å². The Hall–Kier alpha value is -1.37. The van der Waals surface area contributed by atoms with Crippen molar-refractivity contribution in [3.05, 3.63) is 22.8 Å². The number of carbonyl (C=O) groups excluding carboxylic acids is 1. The molecule has 0 atom stereocenters. The fourth-order valence-corrected chi connectivity index (χ4v) is 1.61. The lowest BCUT2D eigenvalue weighted by Gasteiger charge is -2.16. The van der Waals surface area contributed by atoms with Crippen LogP contribution in [-0.4, -0.2) is 56.2 Å². The summed E-state index contributed by atoms with van der Waals surface area (Å²) in [5.41, 5.74) is 5.68. The van der Waals surface area contributed by atoms with E-state index in [1.165, 1.54) is 0 Å². The molecule has 1 amide bonds. The summed E-state index contributed by atoms with van der Waals surface area (Å²) >= 11 is 5.90. The number of amides is 1. The highest BCUT2D eigenvalue weighted by atomic mass is 35.5. The lowest BCUT2D eigenvalue weighted by atomic mass is 10.3. The number of hydrogen-bond acceptors (Lipinski definition) is 5. The molecule has 0 fully saturated rings. The van der Waals surface area contributed by atoms with Crippen LogP contribution in [0.1, 0.15) is 10.5 Å². The zero-order chi connectivity index (χ0) is 14.3. The van der Waals surface area contributed by atoms with E-state index >= 15 is 0 Å². The number of hydrogen-bond donors (Lipinski definition) is 2. The second-order valence-electron chi connectivity index (χ2n) is 4.12. The van der Waals surface area contributed by atoms with Gasteiger partial charge in [0, 0.05) is 26.7 Å². The third-order valence-electron chi connectivity index (χ3n) is 2.54. The molecule has 1 aromatic heterocycles. The van der Waals surface area contributed by atoms with E-state index in [0.29, 0.717) is 18.2 Å². The van der Waals surface area contributed by atoms with Crippen LogP contribution in [0, 0.1) is 0 Å². The minimum atomic E-state index is -0.322. The molecule has 1 heterocycles. The number of anilines is 1. The second-order valence-corrected chi connectivity index (χ2v) is 4.53. The van der Waals surface area contributed by atoms with E-state index in [0.717, 1.165) is 13.1 Å². The van der Waals surface area contributed by atoms with Gasteiger partial charge < -0.3 is 20.7 Å². The van der Waals surface area contributed by atoms with Crippen LogP contribution in [0.25, 0.3) is 0 Å². The molecule has 0 aliphatic rings. The molecular weight excluding hydrogens is 268 g/mol. The number of methoxy groups -OCH3 is 1. The van der Waals surface area contributed by atoms with Crippen molar-refractivity contribution < 1.29 is 9.53 Å². The van der Waals surface area contributed by atoms with Crippen molar-refractivity contribution in [1.29, 1.82) is 0 Å². The largest absolute Gasteiger partial charge is 0.384 e. The SMILES string of the molecule is COCCN(C)CCNC(=O)c1nc(N)ccc1Cl. The average molecular weight is 287 g/mol. The maximum absolute atomic E-state index is 11.9. The highest BCUT2D eigenvalue weighted by molar-refractivity contribution is 6.33. The van der Waals surface area contributed by atoms with Crippen LogP contribution in [0.15, 0.2) is 12.1 Å². The molecule has 0 saturated carbocycles. The van der Waals surface area contributed by atoms with Crippen LogP contribution in [0.4, 0.5) is 5.82 Å². The van der Waals surface area contributed by atoms with E-state index in [2.05, 4.69) is 15.2 Å². The maximum Gasteiger partial charge on any atom is 0.271 e. The Morgan fingerprint density at radius 2 is 2.26 bits per heavy atom. The summed E-state index contributed by atoms with van der Waals surface area (Å²) in [6.45, 7) is 2.69. The topological polar surface area (TPSA) is 80.5 Å². The number of carbonyl (C=O) groups is 1. The predicted molar refractivity (Wildman–Crippen MR) is 75.4 cm³/mol. The first-order valence-electron chi connectivity index (χ1n) is 5.92. The van der Waals surface area contributed by atoms with Crippen LogP contribution in [-0.2, 0) is 4.74 Å². The lowest BCUT2D eigenvalue weighted by Crippen LogP contribution is -2.34. The highest BCUT2D eigenvalue weighted by Gasteiger charge is 2.12. The van der Waals surface area contributed by atoms with Gasteiger partial charge in [-0.05, 0) is 19.2 Å². The number of nitrogens with two attached hydrogens (primary N) is 1. The van der Waals surface area contributed by atoms with Gasteiger partial charge >= 0.3 is 0 Å². The quantitative estimate of drug-likeness (QED) is 0.768. The maximum atomic E-state index is 11.9. The summed E-state index contributed by atoms with van der Waals surface area (Å²) in [5.74, 6) is -0.0517. The summed E-state index contributed by atoms with van der Waals surface area (Å²) in [6, 6.07) is 3.11. The predicted octanol–water partition coefficient (Wildman–Crippen LogP) is 0.625. The van der Waals surface area contributed by atoms with Gasteiger partial charge in [0.2, 0.25) is 0 Å². The van der Waals surface area contributed by atoms with Gasteiger partial charge in [-0.2, -0.15) is 0 Å². The minimum absolute atomic E-state index is 0.154. The smallest absolute Gasteiger partial charge is 0.271 e. The monoisotopic (exact) mass is 286 g/mol. The molecule has 6 nitrogen and oxygen atoms in total. The van der Waals surface area contributed by atoms with Crippen molar-refractivity contribution in [3.63, 3.8) is 0 Å². The number of nitrogens with one attached hydrogen (secondary N) is 1. The van der Waals surface area contributed by atoms with Gasteiger partial charge in [-0.3, -0.25) is 4.79 Å². The summed E-state index contributed by atoms with van der Waals surface area (Å²) in [4.78, 5) is 17.8. The van der Waals surface area contributed by atoms with E-state index in [9.17, 15) is 4.79 Å². The van der Waals surface area contributed by atoms with Crippen molar-refractivity contribution in [2.75, 3.05) is 46.1 Å². The van der Waals surface area contributed by atoms with Crippen molar-refractivity contribution in [2.24, 2.45) is 0 Å². The van der Waals surface area contributed by atoms with E-state index in [1.54, 1.807) is 19.2 Å². The standard InChI is InChI=1S/C12H19ClN4O2/c1-17(7-8-19-2)6-5-15-12(18)11-9(13)3-4-10(14)16-11/h3-4H,5-8H2,1-2H3,(H2,14,16)(H,15,18). The van der Waals surface area contributed by atoms with Crippen molar-refractivity contribution in [1.82, 2.24) is 15.2 Å². The van der Waals surface area contributed by atoms with Gasteiger partial charge in [-0.25, -0.2) is 4.98 Å². The fraction of sp³-hybridized carbons (Fsp3) is 0.500. The van der Waals surface area contributed by atoms with Crippen molar-refractivity contribution in [2.45, 2.75) is 0 Å². The number of ether oxygens (including phenoxy) is 1. The van der Waals surface area contributed by atoms with Gasteiger partial charge in [0.25, 0.3) is 5.91 Å². The third kappa shape index (κ3) is 5.42. The molecule has 0 unspecified atom stereocenters. The summed E-state index contributed by atoms with van der Waals surface area (Å²) in [6.07, 6.45) is 0. The molecule has 3 N–H and O–H groups in total. The molecule has 0 aliphatic carbocycles. The molecular formula is C12H19ClN4O2. The van der Waals surface area contributed by atoms with Gasteiger partial charge in [0.1, 0.15) is 11.5 Å². The van der Waals surface area contributed by atoms with Crippen LogP contribution >= 0.6 is 11.6 Å². The first-order chi connectivity index (χ1) is 9.04. The first kappa shape index (κ1) is 15.7. The summed E-state index contributed by atoms with van der Waals surface area (Å²) in [7, 11) is 3.61. The average Bonchev–Trinajstić information content (AvgIpc) is 2.39.